The van der Waals surface area contributed by atoms with Gasteiger partial charge in [0.05, 0.1) is 6.54 Å². The van der Waals surface area contributed by atoms with Gasteiger partial charge in [0.2, 0.25) is 0 Å². The summed E-state index contributed by atoms with van der Waals surface area (Å²) in [5.74, 6) is 2.39. The number of rotatable bonds is 5. The van der Waals surface area contributed by atoms with Crippen LogP contribution in [0.2, 0.25) is 0 Å². The molecule has 0 saturated carbocycles. The molecule has 0 bridgehead atoms. The fourth-order valence-electron chi connectivity index (χ4n) is 1.96. The van der Waals surface area contributed by atoms with Gasteiger partial charge in [-0.25, -0.2) is 0 Å². The third-order valence-electron chi connectivity index (χ3n) is 3.52. The molecule has 122 valence electrons. The number of benzene rings is 1. The SMILES string of the molecule is CN=C(NCC1COc2ccccc2O1)NCC(C)(C)SC. The van der Waals surface area contributed by atoms with Crippen molar-refractivity contribution in [1.29, 1.82) is 0 Å². The van der Waals surface area contributed by atoms with Gasteiger partial charge in [0.15, 0.2) is 17.5 Å². The molecule has 22 heavy (non-hydrogen) atoms. The van der Waals surface area contributed by atoms with Crippen molar-refractivity contribution in [3.63, 3.8) is 0 Å². The Balaban J connectivity index is 1.80. The first-order valence-electron chi connectivity index (χ1n) is 7.42. The van der Waals surface area contributed by atoms with E-state index in [9.17, 15) is 0 Å². The van der Waals surface area contributed by atoms with Gasteiger partial charge in [-0.2, -0.15) is 11.8 Å². The van der Waals surface area contributed by atoms with Gasteiger partial charge < -0.3 is 20.1 Å². The average molecular weight is 323 g/mol. The molecule has 0 radical (unpaired) electrons. The molecule has 2 rings (SSSR count). The van der Waals surface area contributed by atoms with E-state index < -0.39 is 0 Å². The zero-order chi connectivity index (χ0) is 16.0. The molecule has 6 heteroatoms. The van der Waals surface area contributed by atoms with Gasteiger partial charge >= 0.3 is 0 Å². The number of hydrogen-bond acceptors (Lipinski definition) is 4. The lowest BCUT2D eigenvalue weighted by atomic mass is 10.2. The second-order valence-corrected chi connectivity index (χ2v) is 7.28. The zero-order valence-electron chi connectivity index (χ0n) is 13.7. The Morgan fingerprint density at radius 1 is 1.32 bits per heavy atom. The molecule has 1 heterocycles. The lowest BCUT2D eigenvalue weighted by molar-refractivity contribution is 0.0936. The maximum Gasteiger partial charge on any atom is 0.191 e. The molecule has 1 aliphatic heterocycles. The molecule has 1 atom stereocenters. The molecule has 1 aliphatic rings. The van der Waals surface area contributed by atoms with Gasteiger partial charge in [-0.15, -0.1) is 0 Å². The van der Waals surface area contributed by atoms with Crippen LogP contribution in [0.5, 0.6) is 11.5 Å². The number of fused-ring (bicyclic) bond motifs is 1. The molecular formula is C16H25N3O2S. The van der Waals surface area contributed by atoms with Crippen LogP contribution in [0.3, 0.4) is 0 Å². The van der Waals surface area contributed by atoms with Gasteiger partial charge in [0.1, 0.15) is 12.7 Å². The highest BCUT2D eigenvalue weighted by Crippen LogP contribution is 2.30. The van der Waals surface area contributed by atoms with Gasteiger partial charge in [-0.3, -0.25) is 4.99 Å². The normalized spacial score (nSPS) is 18.0. The van der Waals surface area contributed by atoms with E-state index >= 15 is 0 Å². The second-order valence-electron chi connectivity index (χ2n) is 5.77. The second kappa shape index (κ2) is 7.63. The Labute approximate surface area is 136 Å². The summed E-state index contributed by atoms with van der Waals surface area (Å²) in [6.07, 6.45) is 2.09. The maximum absolute atomic E-state index is 5.92. The van der Waals surface area contributed by atoms with Crippen LogP contribution in [0.25, 0.3) is 0 Å². The lowest BCUT2D eigenvalue weighted by Crippen LogP contribution is -2.47. The fraction of sp³-hybridized carbons (Fsp3) is 0.562. The number of para-hydroxylation sites is 2. The van der Waals surface area contributed by atoms with E-state index in [0.29, 0.717) is 13.2 Å². The van der Waals surface area contributed by atoms with Gasteiger partial charge in [0.25, 0.3) is 0 Å². The number of guanidine groups is 1. The molecule has 5 nitrogen and oxygen atoms in total. The lowest BCUT2D eigenvalue weighted by Gasteiger charge is -2.28. The molecule has 0 aromatic heterocycles. The molecule has 2 N–H and O–H groups in total. The maximum atomic E-state index is 5.92. The Bertz CT molecular complexity index is 520. The predicted molar refractivity (Wildman–Crippen MR) is 93.3 cm³/mol. The number of nitrogens with one attached hydrogen (secondary N) is 2. The smallest absolute Gasteiger partial charge is 0.191 e. The molecule has 1 unspecified atom stereocenters. The van der Waals surface area contributed by atoms with Crippen molar-refractivity contribution in [1.82, 2.24) is 10.6 Å². The standard InChI is InChI=1S/C16H25N3O2S/c1-16(2,22-4)11-19-15(17-3)18-9-12-10-20-13-7-5-6-8-14(13)21-12/h5-8,12H,9-11H2,1-4H3,(H2,17,18,19). The van der Waals surface area contributed by atoms with Crippen LogP contribution in [-0.2, 0) is 0 Å². The van der Waals surface area contributed by atoms with E-state index in [1.165, 1.54) is 0 Å². The largest absolute Gasteiger partial charge is 0.486 e. The van der Waals surface area contributed by atoms with Crippen molar-refractivity contribution in [2.24, 2.45) is 4.99 Å². The summed E-state index contributed by atoms with van der Waals surface area (Å²) in [6.45, 7) is 6.43. The number of aliphatic imine (C=N–C) groups is 1. The van der Waals surface area contributed by atoms with Crippen LogP contribution in [0.4, 0.5) is 0 Å². The first kappa shape index (κ1) is 16.8. The summed E-state index contributed by atoms with van der Waals surface area (Å²) in [4.78, 5) is 4.24. The van der Waals surface area contributed by atoms with Crippen LogP contribution < -0.4 is 20.1 Å². The molecule has 0 fully saturated rings. The number of nitrogens with zero attached hydrogens (tertiary/aromatic N) is 1. The van der Waals surface area contributed by atoms with Gasteiger partial charge in [0, 0.05) is 18.3 Å². The zero-order valence-corrected chi connectivity index (χ0v) is 14.5. The number of thioether (sulfide) groups is 1. The Hall–Kier alpha value is -1.56. The van der Waals surface area contributed by atoms with Crippen molar-refractivity contribution in [3.8, 4) is 11.5 Å². The molecule has 0 saturated heterocycles. The molecular weight excluding hydrogens is 298 g/mol. The summed E-state index contributed by atoms with van der Waals surface area (Å²) >= 11 is 1.83. The summed E-state index contributed by atoms with van der Waals surface area (Å²) in [5.41, 5.74) is 0. The third kappa shape index (κ3) is 4.73. The highest BCUT2D eigenvalue weighted by Gasteiger charge is 2.21. The third-order valence-corrected chi connectivity index (χ3v) is 4.77. The quantitative estimate of drug-likeness (QED) is 0.642. The number of ether oxygens (including phenoxy) is 2. The van der Waals surface area contributed by atoms with Crippen molar-refractivity contribution in [3.05, 3.63) is 24.3 Å². The molecule has 0 aliphatic carbocycles. The van der Waals surface area contributed by atoms with E-state index in [-0.39, 0.29) is 10.9 Å². The van der Waals surface area contributed by atoms with Crippen LogP contribution in [-0.4, -0.2) is 49.8 Å². The van der Waals surface area contributed by atoms with E-state index in [2.05, 4.69) is 35.7 Å². The van der Waals surface area contributed by atoms with E-state index in [1.807, 2.05) is 36.0 Å². The summed E-state index contributed by atoms with van der Waals surface area (Å²) in [6, 6.07) is 7.74. The minimum absolute atomic E-state index is 0.0259. The Morgan fingerprint density at radius 3 is 2.73 bits per heavy atom. The van der Waals surface area contributed by atoms with E-state index in [1.54, 1.807) is 7.05 Å². The Kier molecular flexibility index (Phi) is 5.83. The summed E-state index contributed by atoms with van der Waals surface area (Å²) < 4.78 is 11.8. The van der Waals surface area contributed by atoms with Crippen molar-refractivity contribution < 1.29 is 9.47 Å². The van der Waals surface area contributed by atoms with Gasteiger partial charge in [-0.05, 0) is 32.2 Å². The van der Waals surface area contributed by atoms with Crippen molar-refractivity contribution in [2.75, 3.05) is 33.0 Å². The molecule has 0 amide bonds. The average Bonchev–Trinajstić information content (AvgIpc) is 2.55. The first-order chi connectivity index (χ1) is 10.5. The van der Waals surface area contributed by atoms with E-state index in [4.69, 9.17) is 9.47 Å². The van der Waals surface area contributed by atoms with Crippen LogP contribution in [0.15, 0.2) is 29.3 Å². The van der Waals surface area contributed by atoms with Crippen LogP contribution in [0.1, 0.15) is 13.8 Å². The minimum Gasteiger partial charge on any atom is -0.486 e. The predicted octanol–water partition coefficient (Wildman–Crippen LogP) is 2.13. The molecule has 0 spiro atoms. The Morgan fingerprint density at radius 2 is 2.05 bits per heavy atom. The topological polar surface area (TPSA) is 54.9 Å². The summed E-state index contributed by atoms with van der Waals surface area (Å²) in [5, 5.41) is 6.63. The highest BCUT2D eigenvalue weighted by molar-refractivity contribution is 7.99. The van der Waals surface area contributed by atoms with Crippen LogP contribution >= 0.6 is 11.8 Å². The van der Waals surface area contributed by atoms with Crippen molar-refractivity contribution >= 4 is 17.7 Å². The highest BCUT2D eigenvalue weighted by atomic mass is 32.2. The summed E-state index contributed by atoms with van der Waals surface area (Å²) in [7, 11) is 1.77. The van der Waals surface area contributed by atoms with Crippen LogP contribution in [0, 0.1) is 0 Å². The molecule has 1 aromatic carbocycles. The minimum atomic E-state index is -0.0259. The fourth-order valence-corrected chi connectivity index (χ4v) is 2.18. The monoisotopic (exact) mass is 323 g/mol. The molecule has 1 aromatic rings. The first-order valence-corrected chi connectivity index (χ1v) is 8.65. The van der Waals surface area contributed by atoms with Gasteiger partial charge in [-0.1, -0.05) is 12.1 Å². The number of hydrogen-bond donors (Lipinski definition) is 2. The van der Waals surface area contributed by atoms with Crippen molar-refractivity contribution in [2.45, 2.75) is 24.7 Å². The van der Waals surface area contributed by atoms with E-state index in [0.717, 1.165) is 24.0 Å².